The van der Waals surface area contributed by atoms with Crippen molar-refractivity contribution < 1.29 is 4.74 Å². The first-order valence-corrected chi connectivity index (χ1v) is 4.81. The van der Waals surface area contributed by atoms with Crippen LogP contribution in [0.5, 0.6) is 0 Å². The fraction of sp³-hybridized carbons (Fsp3) is 0.778. The summed E-state index contributed by atoms with van der Waals surface area (Å²) in [4.78, 5) is 0. The van der Waals surface area contributed by atoms with Crippen molar-refractivity contribution in [3.05, 3.63) is 11.9 Å². The third-order valence-corrected chi connectivity index (χ3v) is 1.87. The highest BCUT2D eigenvalue weighted by Gasteiger charge is 2.17. The normalized spacial score (nSPS) is 12.0. The molecule has 0 unspecified atom stereocenters. The first kappa shape index (κ1) is 11.1. The van der Waals surface area contributed by atoms with E-state index in [0.29, 0.717) is 6.61 Å². The summed E-state index contributed by atoms with van der Waals surface area (Å²) >= 11 is 0. The van der Waals surface area contributed by atoms with Gasteiger partial charge in [-0.25, -0.2) is 4.68 Å². The summed E-state index contributed by atoms with van der Waals surface area (Å²) in [7, 11) is 0. The average molecular weight is 198 g/mol. The van der Waals surface area contributed by atoms with Crippen LogP contribution in [-0.2, 0) is 16.8 Å². The lowest BCUT2D eigenvalue weighted by molar-refractivity contribution is 0.136. The lowest BCUT2D eigenvalue weighted by Gasteiger charge is -2.13. The van der Waals surface area contributed by atoms with E-state index in [1.54, 1.807) is 4.68 Å². The van der Waals surface area contributed by atoms with E-state index < -0.39 is 5.54 Å². The molecular weight excluding hydrogens is 180 g/mol. The van der Waals surface area contributed by atoms with Crippen molar-refractivity contribution in [2.75, 3.05) is 13.2 Å². The van der Waals surface area contributed by atoms with E-state index >= 15 is 0 Å². The second-order valence-electron chi connectivity index (χ2n) is 3.79. The Morgan fingerprint density at radius 1 is 1.57 bits per heavy atom. The molecule has 14 heavy (non-hydrogen) atoms. The third kappa shape index (κ3) is 3.08. The van der Waals surface area contributed by atoms with Gasteiger partial charge in [0.2, 0.25) is 0 Å². The standard InChI is InChI=1S/C9H18N4O/c1-4-14-6-5-13-7-8(11-12-13)9(2,3)10/h7H,4-6,10H2,1-3H3. The fourth-order valence-corrected chi connectivity index (χ4v) is 1.01. The van der Waals surface area contributed by atoms with Gasteiger partial charge in [-0.1, -0.05) is 5.21 Å². The number of ether oxygens (including phenoxy) is 1. The van der Waals surface area contributed by atoms with E-state index in [2.05, 4.69) is 10.3 Å². The maximum atomic E-state index is 5.88. The van der Waals surface area contributed by atoms with Gasteiger partial charge in [0.1, 0.15) is 5.69 Å². The van der Waals surface area contributed by atoms with Gasteiger partial charge in [0.15, 0.2) is 0 Å². The number of aromatic nitrogens is 3. The molecule has 1 aromatic heterocycles. The van der Waals surface area contributed by atoms with Gasteiger partial charge in [0.05, 0.1) is 24.9 Å². The Kier molecular flexibility index (Phi) is 3.60. The molecule has 5 heteroatoms. The summed E-state index contributed by atoms with van der Waals surface area (Å²) in [5.74, 6) is 0. The topological polar surface area (TPSA) is 66.0 Å². The van der Waals surface area contributed by atoms with Gasteiger partial charge in [-0.2, -0.15) is 0 Å². The summed E-state index contributed by atoms with van der Waals surface area (Å²) in [5, 5.41) is 7.96. The molecule has 0 aliphatic carbocycles. The Labute approximate surface area is 84.2 Å². The molecule has 5 nitrogen and oxygen atoms in total. The van der Waals surface area contributed by atoms with Crippen molar-refractivity contribution in [3.8, 4) is 0 Å². The van der Waals surface area contributed by atoms with Crippen molar-refractivity contribution in [1.29, 1.82) is 0 Å². The number of rotatable bonds is 5. The Hall–Kier alpha value is -0.940. The Bertz CT molecular complexity index is 277. The first-order chi connectivity index (χ1) is 6.54. The molecule has 1 rings (SSSR count). The summed E-state index contributed by atoms with van der Waals surface area (Å²) < 4.78 is 6.96. The summed E-state index contributed by atoms with van der Waals surface area (Å²) in [5.41, 5.74) is 6.25. The molecule has 0 aromatic carbocycles. The highest BCUT2D eigenvalue weighted by molar-refractivity contribution is 5.05. The number of nitrogens with zero attached hydrogens (tertiary/aromatic N) is 3. The van der Waals surface area contributed by atoms with Gasteiger partial charge in [-0.05, 0) is 20.8 Å². The first-order valence-electron chi connectivity index (χ1n) is 4.81. The maximum Gasteiger partial charge on any atom is 0.102 e. The Morgan fingerprint density at radius 3 is 2.79 bits per heavy atom. The average Bonchev–Trinajstić information content (AvgIpc) is 2.52. The molecule has 0 bridgehead atoms. The van der Waals surface area contributed by atoms with Crippen LogP contribution in [0.2, 0.25) is 0 Å². The van der Waals surface area contributed by atoms with E-state index in [-0.39, 0.29) is 0 Å². The monoisotopic (exact) mass is 198 g/mol. The molecule has 0 atom stereocenters. The largest absolute Gasteiger partial charge is 0.380 e. The molecule has 0 spiro atoms. The summed E-state index contributed by atoms with van der Waals surface area (Å²) in [6, 6.07) is 0. The van der Waals surface area contributed by atoms with Crippen molar-refractivity contribution in [1.82, 2.24) is 15.0 Å². The molecule has 2 N–H and O–H groups in total. The van der Waals surface area contributed by atoms with Gasteiger partial charge < -0.3 is 10.5 Å². The van der Waals surface area contributed by atoms with Gasteiger partial charge >= 0.3 is 0 Å². The quantitative estimate of drug-likeness (QED) is 0.700. The fourth-order valence-electron chi connectivity index (χ4n) is 1.01. The number of hydrogen-bond acceptors (Lipinski definition) is 4. The molecule has 1 heterocycles. The van der Waals surface area contributed by atoms with Gasteiger partial charge in [0, 0.05) is 6.61 Å². The zero-order valence-electron chi connectivity index (χ0n) is 9.03. The van der Waals surface area contributed by atoms with Crippen LogP contribution < -0.4 is 5.73 Å². The van der Waals surface area contributed by atoms with E-state index in [1.165, 1.54) is 0 Å². The molecule has 0 radical (unpaired) electrons. The molecule has 0 aliphatic rings. The van der Waals surface area contributed by atoms with E-state index in [4.69, 9.17) is 10.5 Å². The summed E-state index contributed by atoms with van der Waals surface area (Å²) in [6.07, 6.45) is 1.86. The zero-order valence-corrected chi connectivity index (χ0v) is 9.03. The van der Waals surface area contributed by atoms with Crippen LogP contribution in [0.1, 0.15) is 26.5 Å². The second-order valence-corrected chi connectivity index (χ2v) is 3.79. The minimum absolute atomic E-state index is 0.427. The lowest BCUT2D eigenvalue weighted by Crippen LogP contribution is -2.29. The van der Waals surface area contributed by atoms with Crippen molar-refractivity contribution in [3.63, 3.8) is 0 Å². The maximum absolute atomic E-state index is 5.88. The van der Waals surface area contributed by atoms with Crippen molar-refractivity contribution >= 4 is 0 Å². The highest BCUT2D eigenvalue weighted by atomic mass is 16.5. The number of nitrogens with two attached hydrogens (primary N) is 1. The van der Waals surface area contributed by atoms with E-state index in [0.717, 1.165) is 18.8 Å². The molecule has 0 amide bonds. The second kappa shape index (κ2) is 4.52. The van der Waals surface area contributed by atoms with Crippen LogP contribution in [0.25, 0.3) is 0 Å². The Morgan fingerprint density at radius 2 is 2.29 bits per heavy atom. The Balaban J connectivity index is 2.51. The van der Waals surface area contributed by atoms with Gasteiger partial charge in [-0.15, -0.1) is 5.10 Å². The molecule has 0 fully saturated rings. The van der Waals surface area contributed by atoms with Crippen LogP contribution in [0.15, 0.2) is 6.20 Å². The smallest absolute Gasteiger partial charge is 0.102 e. The lowest BCUT2D eigenvalue weighted by atomic mass is 10.0. The van der Waals surface area contributed by atoms with E-state index in [1.807, 2.05) is 27.0 Å². The SMILES string of the molecule is CCOCCn1cc(C(C)(C)N)nn1. The predicted octanol–water partition coefficient (Wildman–Crippen LogP) is 0.508. The van der Waals surface area contributed by atoms with Gasteiger partial charge in [-0.3, -0.25) is 0 Å². The predicted molar refractivity (Wildman–Crippen MR) is 53.7 cm³/mol. The van der Waals surface area contributed by atoms with Crippen LogP contribution in [0.4, 0.5) is 0 Å². The molecule has 0 aliphatic heterocycles. The minimum Gasteiger partial charge on any atom is -0.380 e. The van der Waals surface area contributed by atoms with Crippen LogP contribution in [0.3, 0.4) is 0 Å². The molecule has 80 valence electrons. The number of hydrogen-bond donors (Lipinski definition) is 1. The minimum atomic E-state index is -0.427. The molecule has 1 aromatic rings. The third-order valence-electron chi connectivity index (χ3n) is 1.87. The van der Waals surface area contributed by atoms with Gasteiger partial charge in [0.25, 0.3) is 0 Å². The molecule has 0 saturated carbocycles. The molecule has 0 saturated heterocycles. The zero-order chi connectivity index (χ0) is 10.6. The van der Waals surface area contributed by atoms with Crippen LogP contribution in [-0.4, -0.2) is 28.2 Å². The summed E-state index contributed by atoms with van der Waals surface area (Å²) in [6.45, 7) is 7.88. The van der Waals surface area contributed by atoms with Crippen molar-refractivity contribution in [2.45, 2.75) is 32.9 Å². The van der Waals surface area contributed by atoms with Crippen LogP contribution >= 0.6 is 0 Å². The van der Waals surface area contributed by atoms with Crippen LogP contribution in [0, 0.1) is 0 Å². The highest BCUT2D eigenvalue weighted by Crippen LogP contribution is 2.12. The van der Waals surface area contributed by atoms with Crippen molar-refractivity contribution in [2.24, 2.45) is 5.73 Å². The van der Waals surface area contributed by atoms with E-state index in [9.17, 15) is 0 Å². The molecular formula is C9H18N4O.